The van der Waals surface area contributed by atoms with E-state index in [1.165, 1.54) is 12.1 Å². The van der Waals surface area contributed by atoms with Crippen LogP contribution in [0.1, 0.15) is 17.2 Å². The van der Waals surface area contributed by atoms with Gasteiger partial charge in [-0.25, -0.2) is 17.6 Å². The fraction of sp³-hybridized carbons (Fsp3) is 0.0769. The summed E-state index contributed by atoms with van der Waals surface area (Å²) >= 11 is 3.15. The van der Waals surface area contributed by atoms with Crippen LogP contribution in [-0.2, 0) is 0 Å². The van der Waals surface area contributed by atoms with Gasteiger partial charge in [0.15, 0.2) is 17.5 Å². The number of halogens is 5. The second-order valence-corrected chi connectivity index (χ2v) is 4.76. The first kappa shape index (κ1) is 14.0. The summed E-state index contributed by atoms with van der Waals surface area (Å²) < 4.78 is 53.2. The smallest absolute Gasteiger partial charge is 0.194 e. The molecule has 0 radical (unpaired) electrons. The monoisotopic (exact) mass is 333 g/mol. The standard InChI is InChI=1S/C13H8BrF4N/c14-9-3-1-6(15)5-8(9)13(19)7-2-4-10(16)12(18)11(7)17/h1-5,13H,19H2. The highest BCUT2D eigenvalue weighted by Gasteiger charge is 2.21. The lowest BCUT2D eigenvalue weighted by Gasteiger charge is -2.15. The first-order chi connectivity index (χ1) is 8.91. The van der Waals surface area contributed by atoms with Crippen molar-refractivity contribution in [3.63, 3.8) is 0 Å². The van der Waals surface area contributed by atoms with Gasteiger partial charge in [0.05, 0.1) is 6.04 Å². The van der Waals surface area contributed by atoms with Crippen LogP contribution in [0.4, 0.5) is 17.6 Å². The van der Waals surface area contributed by atoms with Crippen molar-refractivity contribution in [2.75, 3.05) is 0 Å². The Morgan fingerprint density at radius 1 is 0.895 bits per heavy atom. The van der Waals surface area contributed by atoms with Crippen LogP contribution in [0.3, 0.4) is 0 Å². The second-order valence-electron chi connectivity index (χ2n) is 3.91. The van der Waals surface area contributed by atoms with E-state index in [2.05, 4.69) is 15.9 Å². The average molecular weight is 334 g/mol. The van der Waals surface area contributed by atoms with Crippen molar-refractivity contribution < 1.29 is 17.6 Å². The largest absolute Gasteiger partial charge is 0.320 e. The zero-order valence-corrected chi connectivity index (χ0v) is 11.0. The van der Waals surface area contributed by atoms with E-state index in [-0.39, 0.29) is 11.1 Å². The molecule has 0 heterocycles. The quantitative estimate of drug-likeness (QED) is 0.651. The minimum Gasteiger partial charge on any atom is -0.320 e. The molecular weight excluding hydrogens is 326 g/mol. The van der Waals surface area contributed by atoms with Gasteiger partial charge in [-0.3, -0.25) is 0 Å². The van der Waals surface area contributed by atoms with Gasteiger partial charge in [-0.2, -0.15) is 0 Å². The van der Waals surface area contributed by atoms with E-state index in [1.807, 2.05) is 0 Å². The van der Waals surface area contributed by atoms with Crippen molar-refractivity contribution in [3.8, 4) is 0 Å². The van der Waals surface area contributed by atoms with Crippen LogP contribution in [0.5, 0.6) is 0 Å². The Balaban J connectivity index is 2.53. The zero-order chi connectivity index (χ0) is 14.2. The van der Waals surface area contributed by atoms with Crippen LogP contribution in [0.25, 0.3) is 0 Å². The topological polar surface area (TPSA) is 26.0 Å². The minimum atomic E-state index is -1.60. The molecule has 2 rings (SSSR count). The highest BCUT2D eigenvalue weighted by Crippen LogP contribution is 2.30. The van der Waals surface area contributed by atoms with E-state index in [9.17, 15) is 17.6 Å². The number of rotatable bonds is 2. The second kappa shape index (κ2) is 5.30. The first-order valence-electron chi connectivity index (χ1n) is 5.25. The Morgan fingerprint density at radius 2 is 1.58 bits per heavy atom. The van der Waals surface area contributed by atoms with Gasteiger partial charge >= 0.3 is 0 Å². The fourth-order valence-electron chi connectivity index (χ4n) is 1.70. The molecule has 0 aliphatic rings. The van der Waals surface area contributed by atoms with Gasteiger partial charge < -0.3 is 5.73 Å². The molecular formula is C13H8BrF4N. The summed E-state index contributed by atoms with van der Waals surface area (Å²) in [6, 6.07) is 4.41. The summed E-state index contributed by atoms with van der Waals surface area (Å²) in [5.74, 6) is -4.83. The van der Waals surface area contributed by atoms with Crippen molar-refractivity contribution in [2.24, 2.45) is 5.73 Å². The molecule has 0 aromatic heterocycles. The predicted molar refractivity (Wildman–Crippen MR) is 66.4 cm³/mol. The van der Waals surface area contributed by atoms with Crippen molar-refractivity contribution in [3.05, 3.63) is 69.2 Å². The Morgan fingerprint density at radius 3 is 2.26 bits per heavy atom. The molecule has 0 bridgehead atoms. The van der Waals surface area contributed by atoms with E-state index >= 15 is 0 Å². The van der Waals surface area contributed by atoms with Gasteiger partial charge in [-0.15, -0.1) is 0 Å². The van der Waals surface area contributed by atoms with Crippen LogP contribution >= 0.6 is 15.9 Å². The van der Waals surface area contributed by atoms with Crippen LogP contribution in [0.15, 0.2) is 34.8 Å². The molecule has 0 amide bonds. The van der Waals surface area contributed by atoms with Crippen molar-refractivity contribution in [1.29, 1.82) is 0 Å². The van der Waals surface area contributed by atoms with Crippen molar-refractivity contribution >= 4 is 15.9 Å². The summed E-state index contributed by atoms with van der Waals surface area (Å²) in [4.78, 5) is 0. The molecule has 2 aromatic rings. The van der Waals surface area contributed by atoms with Crippen LogP contribution in [0.2, 0.25) is 0 Å². The van der Waals surface area contributed by atoms with Gasteiger partial charge in [-0.1, -0.05) is 22.0 Å². The van der Waals surface area contributed by atoms with Gasteiger partial charge in [-0.05, 0) is 29.8 Å². The maximum Gasteiger partial charge on any atom is 0.194 e. The lowest BCUT2D eigenvalue weighted by Crippen LogP contribution is -2.15. The van der Waals surface area contributed by atoms with Gasteiger partial charge in [0.2, 0.25) is 0 Å². The number of nitrogens with two attached hydrogens (primary N) is 1. The molecule has 0 saturated heterocycles. The molecule has 19 heavy (non-hydrogen) atoms. The number of benzene rings is 2. The van der Waals surface area contributed by atoms with E-state index in [0.29, 0.717) is 4.47 Å². The summed E-state index contributed by atoms with van der Waals surface area (Å²) in [5, 5.41) is 0. The SMILES string of the molecule is NC(c1cc(F)ccc1Br)c1ccc(F)c(F)c1F. The summed E-state index contributed by atoms with van der Waals surface area (Å²) in [6.07, 6.45) is 0. The van der Waals surface area contributed by atoms with E-state index in [0.717, 1.165) is 18.2 Å². The molecule has 0 aliphatic heterocycles. The van der Waals surface area contributed by atoms with Crippen molar-refractivity contribution in [1.82, 2.24) is 0 Å². The van der Waals surface area contributed by atoms with Crippen LogP contribution in [-0.4, -0.2) is 0 Å². The average Bonchev–Trinajstić information content (AvgIpc) is 2.38. The molecule has 6 heteroatoms. The van der Waals surface area contributed by atoms with Gasteiger partial charge in [0, 0.05) is 10.0 Å². The Hall–Kier alpha value is -1.40. The lowest BCUT2D eigenvalue weighted by molar-refractivity contribution is 0.438. The molecule has 2 N–H and O–H groups in total. The fourth-order valence-corrected chi connectivity index (χ4v) is 2.19. The molecule has 0 saturated carbocycles. The van der Waals surface area contributed by atoms with Gasteiger partial charge in [0.25, 0.3) is 0 Å². The van der Waals surface area contributed by atoms with Crippen LogP contribution < -0.4 is 5.73 Å². The van der Waals surface area contributed by atoms with E-state index < -0.39 is 29.3 Å². The third-order valence-corrected chi connectivity index (χ3v) is 3.42. The Labute approximate surface area is 115 Å². The van der Waals surface area contributed by atoms with Crippen LogP contribution in [0, 0.1) is 23.3 Å². The molecule has 100 valence electrons. The predicted octanol–water partition coefficient (Wildman–Crippen LogP) is 4.05. The van der Waals surface area contributed by atoms with E-state index in [4.69, 9.17) is 5.73 Å². The Kier molecular flexibility index (Phi) is 3.91. The highest BCUT2D eigenvalue weighted by atomic mass is 79.9. The Bertz CT molecular complexity index is 630. The molecule has 0 spiro atoms. The normalized spacial score (nSPS) is 12.5. The molecule has 1 atom stereocenters. The third kappa shape index (κ3) is 2.64. The zero-order valence-electron chi connectivity index (χ0n) is 9.43. The summed E-state index contributed by atoms with van der Waals surface area (Å²) in [6.45, 7) is 0. The number of hydrogen-bond donors (Lipinski definition) is 1. The summed E-state index contributed by atoms with van der Waals surface area (Å²) in [7, 11) is 0. The summed E-state index contributed by atoms with van der Waals surface area (Å²) in [5.41, 5.74) is 5.78. The molecule has 0 aliphatic carbocycles. The lowest BCUT2D eigenvalue weighted by atomic mass is 9.99. The first-order valence-corrected chi connectivity index (χ1v) is 6.05. The van der Waals surface area contributed by atoms with Gasteiger partial charge in [0.1, 0.15) is 5.82 Å². The maximum absolute atomic E-state index is 13.6. The maximum atomic E-state index is 13.6. The number of hydrogen-bond acceptors (Lipinski definition) is 1. The highest BCUT2D eigenvalue weighted by molar-refractivity contribution is 9.10. The molecule has 2 aromatic carbocycles. The minimum absolute atomic E-state index is 0.241. The van der Waals surface area contributed by atoms with Crippen molar-refractivity contribution in [2.45, 2.75) is 6.04 Å². The van der Waals surface area contributed by atoms with E-state index in [1.54, 1.807) is 0 Å². The third-order valence-electron chi connectivity index (χ3n) is 2.69. The molecule has 1 unspecified atom stereocenters. The molecule has 0 fully saturated rings. The molecule has 1 nitrogen and oxygen atoms in total.